The van der Waals surface area contributed by atoms with Gasteiger partial charge in [-0.2, -0.15) is 13.2 Å². The van der Waals surface area contributed by atoms with Crippen molar-refractivity contribution >= 4 is 11.6 Å². The summed E-state index contributed by atoms with van der Waals surface area (Å²) in [5.41, 5.74) is -0.718. The highest BCUT2D eigenvalue weighted by Crippen LogP contribution is 2.30. The molecule has 0 aliphatic rings. The summed E-state index contributed by atoms with van der Waals surface area (Å²) in [5, 5.41) is 0.0971. The maximum Gasteiger partial charge on any atom is 0.416 e. The summed E-state index contributed by atoms with van der Waals surface area (Å²) >= 11 is 5.35. The van der Waals surface area contributed by atoms with E-state index >= 15 is 0 Å². The van der Waals surface area contributed by atoms with E-state index in [-0.39, 0.29) is 5.02 Å². The minimum absolute atomic E-state index is 0.0971. The summed E-state index contributed by atoms with van der Waals surface area (Å²) < 4.78 is 35.7. The molecule has 0 amide bonds. The zero-order chi connectivity index (χ0) is 10.5. The average molecular weight is 211 g/mol. The van der Waals surface area contributed by atoms with E-state index < -0.39 is 11.7 Å². The predicted molar refractivity (Wildman–Crippen MR) is 47.8 cm³/mol. The third-order valence-electron chi connectivity index (χ3n) is 1.15. The van der Waals surface area contributed by atoms with Crippen molar-refractivity contribution in [3.63, 3.8) is 0 Å². The first-order valence-corrected chi connectivity index (χ1v) is 4.21. The van der Waals surface area contributed by atoms with E-state index in [0.717, 1.165) is 12.1 Å². The standard InChI is InChI=1S/C7H4ClF3.C2H6/c8-6-3-1-2-5(4-6)7(9,10)11;1-2/h1-4H;1-2H3. The van der Waals surface area contributed by atoms with E-state index in [1.54, 1.807) is 0 Å². The van der Waals surface area contributed by atoms with Crippen molar-refractivity contribution in [2.75, 3.05) is 0 Å². The molecule has 0 aromatic heterocycles. The molecule has 13 heavy (non-hydrogen) atoms. The highest BCUT2D eigenvalue weighted by molar-refractivity contribution is 6.30. The van der Waals surface area contributed by atoms with Crippen molar-refractivity contribution in [3.05, 3.63) is 34.9 Å². The van der Waals surface area contributed by atoms with E-state index in [9.17, 15) is 13.2 Å². The zero-order valence-corrected chi connectivity index (χ0v) is 8.08. The topological polar surface area (TPSA) is 0 Å². The second kappa shape index (κ2) is 5.12. The summed E-state index contributed by atoms with van der Waals surface area (Å²) in [6.45, 7) is 4.00. The Morgan fingerprint density at radius 2 is 1.69 bits per heavy atom. The van der Waals surface area contributed by atoms with Gasteiger partial charge in [-0.15, -0.1) is 0 Å². The maximum absolute atomic E-state index is 11.9. The molecule has 1 aromatic carbocycles. The Labute approximate surface area is 80.3 Å². The number of benzene rings is 1. The van der Waals surface area contributed by atoms with Crippen molar-refractivity contribution in [1.82, 2.24) is 0 Å². The molecular formula is C9H10ClF3. The minimum Gasteiger partial charge on any atom is -0.166 e. The van der Waals surface area contributed by atoms with E-state index in [1.165, 1.54) is 12.1 Å². The van der Waals surface area contributed by atoms with Crippen molar-refractivity contribution in [2.24, 2.45) is 0 Å². The van der Waals surface area contributed by atoms with E-state index in [4.69, 9.17) is 11.6 Å². The third kappa shape index (κ3) is 4.18. The summed E-state index contributed by atoms with van der Waals surface area (Å²) in [7, 11) is 0. The van der Waals surface area contributed by atoms with Crippen LogP contribution in [0.2, 0.25) is 5.02 Å². The van der Waals surface area contributed by atoms with Crippen LogP contribution in [-0.2, 0) is 6.18 Å². The lowest BCUT2D eigenvalue weighted by atomic mass is 10.2. The number of halogens is 4. The number of rotatable bonds is 0. The Morgan fingerprint density at radius 3 is 2.00 bits per heavy atom. The molecule has 4 heteroatoms. The van der Waals surface area contributed by atoms with E-state index in [2.05, 4.69) is 0 Å². The zero-order valence-electron chi connectivity index (χ0n) is 7.32. The van der Waals surface area contributed by atoms with Gasteiger partial charge >= 0.3 is 6.18 Å². The molecule has 0 radical (unpaired) electrons. The van der Waals surface area contributed by atoms with Crippen molar-refractivity contribution < 1.29 is 13.2 Å². The van der Waals surface area contributed by atoms with Crippen molar-refractivity contribution in [3.8, 4) is 0 Å². The second-order valence-electron chi connectivity index (χ2n) is 2.01. The van der Waals surface area contributed by atoms with Crippen LogP contribution < -0.4 is 0 Å². The van der Waals surface area contributed by atoms with Gasteiger partial charge in [-0.1, -0.05) is 31.5 Å². The van der Waals surface area contributed by atoms with Gasteiger partial charge in [0.15, 0.2) is 0 Å². The molecule has 1 aromatic rings. The first-order chi connectivity index (χ1) is 6.00. The van der Waals surface area contributed by atoms with Crippen LogP contribution in [0.15, 0.2) is 24.3 Å². The lowest BCUT2D eigenvalue weighted by molar-refractivity contribution is -0.137. The largest absolute Gasteiger partial charge is 0.416 e. The number of hydrogen-bond donors (Lipinski definition) is 0. The molecule has 0 bridgehead atoms. The van der Waals surface area contributed by atoms with Crippen LogP contribution in [0.25, 0.3) is 0 Å². The maximum atomic E-state index is 11.9. The normalized spacial score (nSPS) is 10.3. The monoisotopic (exact) mass is 210 g/mol. The Morgan fingerprint density at radius 1 is 1.15 bits per heavy atom. The Kier molecular flexibility index (Phi) is 4.85. The van der Waals surface area contributed by atoms with Gasteiger partial charge in [0.25, 0.3) is 0 Å². The molecule has 0 aliphatic carbocycles. The molecule has 0 N–H and O–H groups in total. The van der Waals surface area contributed by atoms with Gasteiger partial charge in [0.1, 0.15) is 0 Å². The van der Waals surface area contributed by atoms with Crippen LogP contribution in [-0.4, -0.2) is 0 Å². The summed E-state index contributed by atoms with van der Waals surface area (Å²) in [6.07, 6.45) is -4.30. The third-order valence-corrected chi connectivity index (χ3v) is 1.39. The van der Waals surface area contributed by atoms with Crippen LogP contribution in [0.1, 0.15) is 19.4 Å². The molecule has 0 heterocycles. The van der Waals surface area contributed by atoms with Gasteiger partial charge in [-0.05, 0) is 18.2 Å². The Hall–Kier alpha value is -0.700. The first kappa shape index (κ1) is 12.3. The molecule has 0 atom stereocenters. The molecule has 0 saturated carbocycles. The van der Waals surface area contributed by atoms with E-state index in [0.29, 0.717) is 0 Å². The Balaban J connectivity index is 0.000000671. The van der Waals surface area contributed by atoms with Crippen LogP contribution in [0.3, 0.4) is 0 Å². The summed E-state index contributed by atoms with van der Waals surface area (Å²) in [5.74, 6) is 0. The lowest BCUT2D eigenvalue weighted by Gasteiger charge is -2.05. The number of alkyl halides is 3. The predicted octanol–water partition coefficient (Wildman–Crippen LogP) is 4.39. The van der Waals surface area contributed by atoms with Gasteiger partial charge in [0.2, 0.25) is 0 Å². The first-order valence-electron chi connectivity index (χ1n) is 3.83. The fourth-order valence-electron chi connectivity index (χ4n) is 0.665. The second-order valence-corrected chi connectivity index (χ2v) is 2.44. The molecular weight excluding hydrogens is 201 g/mol. The van der Waals surface area contributed by atoms with Crippen LogP contribution >= 0.6 is 11.6 Å². The molecule has 0 aliphatic heterocycles. The summed E-state index contributed by atoms with van der Waals surface area (Å²) in [4.78, 5) is 0. The van der Waals surface area contributed by atoms with Gasteiger partial charge < -0.3 is 0 Å². The van der Waals surface area contributed by atoms with Gasteiger partial charge in [-0.3, -0.25) is 0 Å². The fraction of sp³-hybridized carbons (Fsp3) is 0.333. The SMILES string of the molecule is CC.FC(F)(F)c1cccc(Cl)c1. The van der Waals surface area contributed by atoms with Gasteiger partial charge in [0.05, 0.1) is 5.56 Å². The van der Waals surface area contributed by atoms with E-state index in [1.807, 2.05) is 13.8 Å². The van der Waals surface area contributed by atoms with Gasteiger partial charge in [0, 0.05) is 5.02 Å². The smallest absolute Gasteiger partial charge is 0.166 e. The molecule has 1 rings (SSSR count). The highest BCUT2D eigenvalue weighted by atomic mass is 35.5. The number of hydrogen-bond acceptors (Lipinski definition) is 0. The molecule has 0 spiro atoms. The molecule has 0 saturated heterocycles. The highest BCUT2D eigenvalue weighted by Gasteiger charge is 2.30. The summed E-state index contributed by atoms with van der Waals surface area (Å²) in [6, 6.07) is 4.54. The molecule has 0 unspecified atom stereocenters. The fourth-order valence-corrected chi connectivity index (χ4v) is 0.855. The molecule has 0 fully saturated rings. The quantitative estimate of drug-likeness (QED) is 0.596. The van der Waals surface area contributed by atoms with Crippen LogP contribution in [0, 0.1) is 0 Å². The lowest BCUT2D eigenvalue weighted by Crippen LogP contribution is -2.03. The van der Waals surface area contributed by atoms with Crippen molar-refractivity contribution in [2.45, 2.75) is 20.0 Å². The Bertz CT molecular complexity index is 255. The average Bonchev–Trinajstić information content (AvgIpc) is 2.06. The van der Waals surface area contributed by atoms with Crippen LogP contribution in [0.4, 0.5) is 13.2 Å². The van der Waals surface area contributed by atoms with Crippen LogP contribution in [0.5, 0.6) is 0 Å². The van der Waals surface area contributed by atoms with Gasteiger partial charge in [-0.25, -0.2) is 0 Å². The molecule has 0 nitrogen and oxygen atoms in total. The van der Waals surface area contributed by atoms with Crippen molar-refractivity contribution in [1.29, 1.82) is 0 Å². The minimum atomic E-state index is -4.30. The molecule has 74 valence electrons.